The molecule has 0 spiro atoms. The average Bonchev–Trinajstić information content (AvgIpc) is 2.72. The molecule has 2 heterocycles. The molecule has 2 aliphatic rings. The van der Waals surface area contributed by atoms with Crippen LogP contribution in [-0.4, -0.2) is 72.3 Å². The summed E-state index contributed by atoms with van der Waals surface area (Å²) >= 11 is 0. The number of carbonyl (C=O) groups excluding carboxylic acids is 2. The van der Waals surface area contributed by atoms with Gasteiger partial charge in [0.05, 0.1) is 5.92 Å². The third kappa shape index (κ3) is 4.85. The van der Waals surface area contributed by atoms with E-state index in [1.54, 1.807) is 0 Å². The number of nitrogens with zero attached hydrogens (tertiary/aromatic N) is 3. The fourth-order valence-corrected chi connectivity index (χ4v) is 4.01. The quantitative estimate of drug-likeness (QED) is 0.810. The molecule has 1 aromatic rings. The van der Waals surface area contributed by atoms with Crippen molar-refractivity contribution in [3.63, 3.8) is 0 Å². The Morgan fingerprint density at radius 3 is 2.42 bits per heavy atom. The number of hydrogen-bond donors (Lipinski definition) is 0. The largest absolute Gasteiger partial charge is 0.342 e. The van der Waals surface area contributed by atoms with Crippen molar-refractivity contribution in [1.82, 2.24) is 14.7 Å². The summed E-state index contributed by atoms with van der Waals surface area (Å²) in [6, 6.07) is 10.6. The van der Waals surface area contributed by atoms with E-state index in [2.05, 4.69) is 29.2 Å². The molecule has 2 fully saturated rings. The third-order valence-electron chi connectivity index (χ3n) is 5.67. The second kappa shape index (κ2) is 9.17. The van der Waals surface area contributed by atoms with Crippen molar-refractivity contribution in [1.29, 1.82) is 0 Å². The molecule has 0 aromatic heterocycles. The first-order valence-corrected chi connectivity index (χ1v) is 10.00. The predicted molar refractivity (Wildman–Crippen MR) is 103 cm³/mol. The van der Waals surface area contributed by atoms with Crippen LogP contribution in [0.1, 0.15) is 31.7 Å². The zero-order valence-electron chi connectivity index (χ0n) is 15.9. The molecule has 0 radical (unpaired) electrons. The van der Waals surface area contributed by atoms with Gasteiger partial charge in [-0.15, -0.1) is 0 Å². The van der Waals surface area contributed by atoms with Crippen molar-refractivity contribution in [3.8, 4) is 0 Å². The second-order valence-electron chi connectivity index (χ2n) is 7.43. The highest BCUT2D eigenvalue weighted by Gasteiger charge is 2.32. The number of amides is 2. The van der Waals surface area contributed by atoms with E-state index in [-0.39, 0.29) is 17.7 Å². The van der Waals surface area contributed by atoms with Crippen LogP contribution in [0.3, 0.4) is 0 Å². The number of hydrogen-bond acceptors (Lipinski definition) is 3. The summed E-state index contributed by atoms with van der Waals surface area (Å²) in [5.74, 6) is 0.421. The summed E-state index contributed by atoms with van der Waals surface area (Å²) in [5, 5.41) is 0. The van der Waals surface area contributed by atoms with Gasteiger partial charge in [-0.1, -0.05) is 37.3 Å². The van der Waals surface area contributed by atoms with Gasteiger partial charge < -0.3 is 9.80 Å². The molecule has 1 aromatic carbocycles. The highest BCUT2D eigenvalue weighted by molar-refractivity contribution is 5.81. The highest BCUT2D eigenvalue weighted by atomic mass is 16.2. The van der Waals surface area contributed by atoms with Gasteiger partial charge in [0.25, 0.3) is 0 Å². The van der Waals surface area contributed by atoms with E-state index in [4.69, 9.17) is 0 Å². The van der Waals surface area contributed by atoms with Crippen LogP contribution in [0.25, 0.3) is 0 Å². The molecule has 26 heavy (non-hydrogen) atoms. The number of piperidine rings is 1. The number of rotatable bonds is 5. The Bertz CT molecular complexity index is 597. The van der Waals surface area contributed by atoms with Gasteiger partial charge in [0, 0.05) is 52.2 Å². The molecule has 1 atom stereocenters. The summed E-state index contributed by atoms with van der Waals surface area (Å²) < 4.78 is 0. The van der Waals surface area contributed by atoms with Crippen LogP contribution in [0.2, 0.25) is 0 Å². The Morgan fingerprint density at radius 2 is 1.73 bits per heavy atom. The summed E-state index contributed by atoms with van der Waals surface area (Å²) in [7, 11) is 0. The molecule has 5 heteroatoms. The van der Waals surface area contributed by atoms with E-state index < -0.39 is 0 Å². The first kappa shape index (κ1) is 18.9. The smallest absolute Gasteiger partial charge is 0.227 e. The van der Waals surface area contributed by atoms with E-state index in [9.17, 15) is 9.59 Å². The van der Waals surface area contributed by atoms with E-state index in [1.807, 2.05) is 22.8 Å². The minimum atomic E-state index is -0.00452. The topological polar surface area (TPSA) is 43.9 Å². The molecular formula is C21H31N3O2. The molecule has 2 amide bonds. The molecule has 0 aliphatic carbocycles. The fourth-order valence-electron chi connectivity index (χ4n) is 4.01. The van der Waals surface area contributed by atoms with E-state index in [0.717, 1.165) is 58.5 Å². The van der Waals surface area contributed by atoms with Crippen molar-refractivity contribution >= 4 is 11.8 Å². The summed E-state index contributed by atoms with van der Waals surface area (Å²) in [5.41, 5.74) is 1.37. The Balaban J connectivity index is 1.44. The van der Waals surface area contributed by atoms with E-state index >= 15 is 0 Å². The van der Waals surface area contributed by atoms with Gasteiger partial charge >= 0.3 is 0 Å². The summed E-state index contributed by atoms with van der Waals surface area (Å²) in [6.45, 7) is 7.88. The molecule has 3 rings (SSSR count). The molecule has 1 unspecified atom stereocenters. The molecule has 0 N–H and O–H groups in total. The number of piperazine rings is 1. The molecule has 5 nitrogen and oxygen atoms in total. The van der Waals surface area contributed by atoms with Crippen molar-refractivity contribution in [2.45, 2.75) is 32.6 Å². The van der Waals surface area contributed by atoms with E-state index in [1.165, 1.54) is 5.56 Å². The Morgan fingerprint density at radius 1 is 1.00 bits per heavy atom. The first-order valence-electron chi connectivity index (χ1n) is 10.00. The lowest BCUT2D eigenvalue weighted by molar-refractivity contribution is -0.142. The maximum atomic E-state index is 12.9. The van der Waals surface area contributed by atoms with Gasteiger partial charge in [-0.05, 0) is 24.8 Å². The molecular weight excluding hydrogens is 326 g/mol. The fraction of sp³-hybridized carbons (Fsp3) is 0.619. The van der Waals surface area contributed by atoms with E-state index in [0.29, 0.717) is 13.0 Å². The Hall–Kier alpha value is -1.88. The molecule has 2 aliphatic heterocycles. The van der Waals surface area contributed by atoms with Gasteiger partial charge in [0.1, 0.15) is 0 Å². The lowest BCUT2D eigenvalue weighted by Crippen LogP contribution is -2.53. The van der Waals surface area contributed by atoms with Gasteiger partial charge in [-0.25, -0.2) is 0 Å². The maximum Gasteiger partial charge on any atom is 0.227 e. The van der Waals surface area contributed by atoms with Crippen LogP contribution in [0.5, 0.6) is 0 Å². The van der Waals surface area contributed by atoms with Crippen LogP contribution < -0.4 is 0 Å². The van der Waals surface area contributed by atoms with Crippen molar-refractivity contribution in [3.05, 3.63) is 35.9 Å². The maximum absolute atomic E-state index is 12.9. The zero-order valence-corrected chi connectivity index (χ0v) is 15.9. The summed E-state index contributed by atoms with van der Waals surface area (Å²) in [4.78, 5) is 31.1. The van der Waals surface area contributed by atoms with Crippen LogP contribution >= 0.6 is 0 Å². The number of likely N-dealkylation sites (tertiary alicyclic amines) is 1. The lowest BCUT2D eigenvalue weighted by Gasteiger charge is -2.39. The van der Waals surface area contributed by atoms with Gasteiger partial charge in [0.2, 0.25) is 11.8 Å². The second-order valence-corrected chi connectivity index (χ2v) is 7.43. The Kier molecular flexibility index (Phi) is 6.67. The van der Waals surface area contributed by atoms with Crippen LogP contribution in [0, 0.1) is 5.92 Å². The monoisotopic (exact) mass is 357 g/mol. The van der Waals surface area contributed by atoms with Crippen molar-refractivity contribution in [2.75, 3.05) is 45.8 Å². The number of benzene rings is 1. The normalized spacial score (nSPS) is 21.7. The minimum absolute atomic E-state index is 0.00452. The first-order chi connectivity index (χ1) is 12.7. The van der Waals surface area contributed by atoms with Gasteiger partial charge in [-0.3, -0.25) is 14.5 Å². The molecule has 142 valence electrons. The predicted octanol–water partition coefficient (Wildman–Crippen LogP) is 2.02. The molecule has 0 saturated carbocycles. The van der Waals surface area contributed by atoms with Crippen LogP contribution in [-0.2, 0) is 16.0 Å². The Labute approximate surface area is 156 Å². The van der Waals surface area contributed by atoms with Crippen LogP contribution in [0.4, 0.5) is 0 Å². The standard InChI is InChI=1S/C21H31N3O2/c1-2-20(25)24-11-6-9-19(17-24)21(26)23-15-13-22(14-16-23)12-10-18-7-4-3-5-8-18/h3-5,7-8,19H,2,6,9-17H2,1H3. The average molecular weight is 357 g/mol. The summed E-state index contributed by atoms with van der Waals surface area (Å²) in [6.07, 6.45) is 3.45. The zero-order chi connectivity index (χ0) is 18.4. The van der Waals surface area contributed by atoms with Crippen molar-refractivity contribution in [2.24, 2.45) is 5.92 Å². The van der Waals surface area contributed by atoms with Crippen molar-refractivity contribution < 1.29 is 9.59 Å². The third-order valence-corrected chi connectivity index (χ3v) is 5.67. The highest BCUT2D eigenvalue weighted by Crippen LogP contribution is 2.20. The van der Waals surface area contributed by atoms with Crippen LogP contribution in [0.15, 0.2) is 30.3 Å². The molecule has 2 saturated heterocycles. The van der Waals surface area contributed by atoms with Gasteiger partial charge in [-0.2, -0.15) is 0 Å². The molecule has 0 bridgehead atoms. The SMILES string of the molecule is CCC(=O)N1CCCC(C(=O)N2CCN(CCc3ccccc3)CC2)C1. The van der Waals surface area contributed by atoms with Gasteiger partial charge in [0.15, 0.2) is 0 Å². The minimum Gasteiger partial charge on any atom is -0.342 e. The number of carbonyl (C=O) groups is 2. The lowest BCUT2D eigenvalue weighted by atomic mass is 9.96.